The summed E-state index contributed by atoms with van der Waals surface area (Å²) >= 11 is 0. The molecule has 1 aromatic rings. The molecule has 0 radical (unpaired) electrons. The summed E-state index contributed by atoms with van der Waals surface area (Å²) in [5.74, 6) is -0.764. The van der Waals surface area contributed by atoms with Gasteiger partial charge in [-0.2, -0.15) is 0 Å². The third kappa shape index (κ3) is 3.93. The number of halogens is 1. The van der Waals surface area contributed by atoms with Crippen LogP contribution in [0.1, 0.15) is 56.3 Å². The molecular weight excluding hydrogens is 269 g/mol. The van der Waals surface area contributed by atoms with E-state index in [-0.39, 0.29) is 22.7 Å². The van der Waals surface area contributed by atoms with Crippen molar-refractivity contribution in [3.63, 3.8) is 0 Å². The maximum atomic E-state index is 14.2. The number of pyridine rings is 1. The molecule has 0 atom stereocenters. The predicted octanol–water partition coefficient (Wildman–Crippen LogP) is 3.35. The van der Waals surface area contributed by atoms with Gasteiger partial charge in [-0.1, -0.05) is 20.3 Å². The lowest BCUT2D eigenvalue weighted by molar-refractivity contribution is 0.0939. The molecule has 2 N–H and O–H groups in total. The molecular formula is C16H24FN3O. The van der Waals surface area contributed by atoms with Crippen LogP contribution in [0.2, 0.25) is 0 Å². The zero-order valence-corrected chi connectivity index (χ0v) is 12.8. The van der Waals surface area contributed by atoms with Gasteiger partial charge in [-0.15, -0.1) is 0 Å². The van der Waals surface area contributed by atoms with Crippen LogP contribution in [-0.4, -0.2) is 24.0 Å². The molecule has 0 spiro atoms. The second kappa shape index (κ2) is 6.87. The smallest absolute Gasteiger partial charge is 0.254 e. The van der Waals surface area contributed by atoms with Crippen LogP contribution in [0, 0.1) is 11.2 Å². The van der Waals surface area contributed by atoms with E-state index in [0.717, 1.165) is 32.1 Å². The van der Waals surface area contributed by atoms with Crippen molar-refractivity contribution in [2.45, 2.75) is 46.0 Å². The zero-order chi connectivity index (χ0) is 15.3. The standard InChI is InChI=1S/C16H24FN3O/c1-3-6-16(7-8-16)11-20-15(21)12-5-10-19-14(13(12)17)18-9-4-2/h5,10H,3-4,6-9,11H2,1-2H3,(H,18,19)(H,20,21). The molecule has 1 aliphatic rings. The van der Waals surface area contributed by atoms with E-state index in [0.29, 0.717) is 13.1 Å². The monoisotopic (exact) mass is 293 g/mol. The minimum absolute atomic E-state index is 0.0656. The van der Waals surface area contributed by atoms with Crippen LogP contribution >= 0.6 is 0 Å². The lowest BCUT2D eigenvalue weighted by Gasteiger charge is -2.15. The average Bonchev–Trinajstić information content (AvgIpc) is 3.24. The summed E-state index contributed by atoms with van der Waals surface area (Å²) in [6.07, 6.45) is 6.89. The van der Waals surface area contributed by atoms with Crippen LogP contribution in [-0.2, 0) is 0 Å². The SMILES string of the molecule is CCCNc1nccc(C(=O)NCC2(CCC)CC2)c1F. The highest BCUT2D eigenvalue weighted by molar-refractivity contribution is 5.95. The first-order valence-electron chi connectivity index (χ1n) is 7.78. The highest BCUT2D eigenvalue weighted by atomic mass is 19.1. The zero-order valence-electron chi connectivity index (χ0n) is 12.8. The van der Waals surface area contributed by atoms with Crippen molar-refractivity contribution >= 4 is 11.7 Å². The summed E-state index contributed by atoms with van der Waals surface area (Å²) in [6.45, 7) is 5.41. The van der Waals surface area contributed by atoms with Crippen molar-refractivity contribution in [1.82, 2.24) is 10.3 Å². The molecule has 4 nitrogen and oxygen atoms in total. The van der Waals surface area contributed by atoms with Crippen LogP contribution in [0.3, 0.4) is 0 Å². The van der Waals surface area contributed by atoms with E-state index in [1.165, 1.54) is 12.3 Å². The molecule has 0 aliphatic heterocycles. The van der Waals surface area contributed by atoms with Crippen molar-refractivity contribution in [1.29, 1.82) is 0 Å². The maximum absolute atomic E-state index is 14.2. The van der Waals surface area contributed by atoms with E-state index >= 15 is 0 Å². The van der Waals surface area contributed by atoms with Gasteiger partial charge >= 0.3 is 0 Å². The molecule has 1 heterocycles. The van der Waals surface area contributed by atoms with Gasteiger partial charge in [0.2, 0.25) is 0 Å². The number of carbonyl (C=O) groups excluding carboxylic acids is 1. The van der Waals surface area contributed by atoms with Crippen molar-refractivity contribution < 1.29 is 9.18 Å². The number of carbonyl (C=O) groups is 1. The Labute approximate surface area is 125 Å². The molecule has 0 bridgehead atoms. The van der Waals surface area contributed by atoms with Gasteiger partial charge < -0.3 is 10.6 Å². The molecule has 0 unspecified atom stereocenters. The van der Waals surface area contributed by atoms with Crippen molar-refractivity contribution in [2.24, 2.45) is 5.41 Å². The number of rotatable bonds is 8. The summed E-state index contributed by atoms with van der Waals surface area (Å²) < 4.78 is 14.2. The van der Waals surface area contributed by atoms with Crippen LogP contribution in [0.4, 0.5) is 10.2 Å². The van der Waals surface area contributed by atoms with E-state index in [4.69, 9.17) is 0 Å². The maximum Gasteiger partial charge on any atom is 0.254 e. The first-order valence-corrected chi connectivity index (χ1v) is 7.78. The molecule has 5 heteroatoms. The second-order valence-electron chi connectivity index (χ2n) is 5.88. The largest absolute Gasteiger partial charge is 0.368 e. The van der Waals surface area contributed by atoms with Gasteiger partial charge in [0.05, 0.1) is 5.56 Å². The highest BCUT2D eigenvalue weighted by Gasteiger charge is 2.41. The summed E-state index contributed by atoms with van der Waals surface area (Å²) in [6, 6.07) is 1.43. The predicted molar refractivity (Wildman–Crippen MR) is 81.9 cm³/mol. The van der Waals surface area contributed by atoms with E-state index in [1.54, 1.807) is 0 Å². The number of amides is 1. The third-order valence-electron chi connectivity index (χ3n) is 4.04. The van der Waals surface area contributed by atoms with Gasteiger partial charge in [0, 0.05) is 19.3 Å². The molecule has 1 fully saturated rings. The molecule has 2 rings (SSSR count). The average molecular weight is 293 g/mol. The van der Waals surface area contributed by atoms with Crippen LogP contribution in [0.15, 0.2) is 12.3 Å². The molecule has 1 aromatic heterocycles. The summed E-state index contributed by atoms with van der Waals surface area (Å²) in [5, 5.41) is 5.77. The minimum Gasteiger partial charge on any atom is -0.368 e. The van der Waals surface area contributed by atoms with E-state index in [2.05, 4.69) is 22.5 Å². The van der Waals surface area contributed by atoms with Gasteiger partial charge in [-0.05, 0) is 37.2 Å². The normalized spacial score (nSPS) is 15.6. The molecule has 21 heavy (non-hydrogen) atoms. The molecule has 1 amide bonds. The number of aromatic nitrogens is 1. The molecule has 1 aliphatic carbocycles. The Bertz CT molecular complexity index is 500. The fraction of sp³-hybridized carbons (Fsp3) is 0.625. The number of hydrogen-bond donors (Lipinski definition) is 2. The lowest BCUT2D eigenvalue weighted by Crippen LogP contribution is -2.31. The Balaban J connectivity index is 1.99. The highest BCUT2D eigenvalue weighted by Crippen LogP contribution is 2.48. The Morgan fingerprint density at radius 3 is 2.76 bits per heavy atom. The van der Waals surface area contributed by atoms with Crippen LogP contribution < -0.4 is 10.6 Å². The van der Waals surface area contributed by atoms with E-state index in [1.807, 2.05) is 6.92 Å². The summed E-state index contributed by atoms with van der Waals surface area (Å²) in [4.78, 5) is 16.1. The number of nitrogens with zero attached hydrogens (tertiary/aromatic N) is 1. The quantitative estimate of drug-likeness (QED) is 0.773. The topological polar surface area (TPSA) is 54.0 Å². The number of anilines is 1. The Hall–Kier alpha value is -1.65. The molecule has 1 saturated carbocycles. The minimum atomic E-state index is -0.566. The van der Waals surface area contributed by atoms with Gasteiger partial charge in [-0.3, -0.25) is 4.79 Å². The fourth-order valence-electron chi connectivity index (χ4n) is 2.57. The summed E-state index contributed by atoms with van der Waals surface area (Å²) in [7, 11) is 0. The number of hydrogen-bond acceptors (Lipinski definition) is 3. The first-order chi connectivity index (χ1) is 10.1. The van der Waals surface area contributed by atoms with Crippen LogP contribution in [0.25, 0.3) is 0 Å². The van der Waals surface area contributed by atoms with Gasteiger partial charge in [0.25, 0.3) is 5.91 Å². The Morgan fingerprint density at radius 2 is 2.14 bits per heavy atom. The van der Waals surface area contributed by atoms with Crippen LogP contribution in [0.5, 0.6) is 0 Å². The van der Waals surface area contributed by atoms with Gasteiger partial charge in [0.15, 0.2) is 11.6 Å². The molecule has 116 valence electrons. The summed E-state index contributed by atoms with van der Waals surface area (Å²) in [5.41, 5.74) is 0.327. The Morgan fingerprint density at radius 1 is 1.38 bits per heavy atom. The fourth-order valence-corrected chi connectivity index (χ4v) is 2.57. The third-order valence-corrected chi connectivity index (χ3v) is 4.04. The second-order valence-corrected chi connectivity index (χ2v) is 5.88. The van der Waals surface area contributed by atoms with Crippen molar-refractivity contribution in [3.8, 4) is 0 Å². The van der Waals surface area contributed by atoms with Gasteiger partial charge in [0.1, 0.15) is 0 Å². The molecule has 0 aromatic carbocycles. The number of nitrogens with one attached hydrogen (secondary N) is 2. The molecule has 0 saturated heterocycles. The van der Waals surface area contributed by atoms with Gasteiger partial charge in [-0.25, -0.2) is 9.37 Å². The lowest BCUT2D eigenvalue weighted by atomic mass is 10.0. The first kappa shape index (κ1) is 15.7. The van der Waals surface area contributed by atoms with E-state index in [9.17, 15) is 9.18 Å². The van der Waals surface area contributed by atoms with Crippen molar-refractivity contribution in [3.05, 3.63) is 23.6 Å². The Kier molecular flexibility index (Phi) is 5.15. The van der Waals surface area contributed by atoms with E-state index < -0.39 is 5.82 Å². The van der Waals surface area contributed by atoms with Crippen molar-refractivity contribution in [2.75, 3.05) is 18.4 Å².